The third-order valence-corrected chi connectivity index (χ3v) is 8.66. The number of anilines is 2. The van der Waals surface area contributed by atoms with Gasteiger partial charge in [-0.1, -0.05) is 78.4 Å². The molecule has 2 amide bonds. The number of hydrogen-bond donors (Lipinski definition) is 2. The standard InChI is InChI=1S/C35H35ClN6O4/c1-24(8-5-6-18-40-23-28(17-19-43)37-39-40)35(46)30-21-27(36)13-15-32(30)41(34(35)45)22-25-9-7-12-29(20-25)42-33(44)16-14-31(38-42)26-10-3-2-4-11-26/h2-5,7-13,15,20-21,23-24,43,46H,6,14,16-19,22H2,1H3/b8-5+/t24-,35+/m0/s1. The number of halogens is 1. The Morgan fingerprint density at radius 3 is 2.67 bits per heavy atom. The molecule has 6 rings (SSSR count). The van der Waals surface area contributed by atoms with E-state index in [0.29, 0.717) is 54.2 Å². The van der Waals surface area contributed by atoms with Crippen LogP contribution in [0.1, 0.15) is 48.6 Å². The van der Waals surface area contributed by atoms with Crippen molar-refractivity contribution in [3.8, 4) is 0 Å². The summed E-state index contributed by atoms with van der Waals surface area (Å²) < 4.78 is 1.70. The van der Waals surface area contributed by atoms with Gasteiger partial charge in [-0.2, -0.15) is 5.10 Å². The van der Waals surface area contributed by atoms with Crippen LogP contribution in [0.2, 0.25) is 5.02 Å². The average molecular weight is 639 g/mol. The van der Waals surface area contributed by atoms with Crippen LogP contribution in [0, 0.1) is 5.92 Å². The minimum atomic E-state index is -1.83. The van der Waals surface area contributed by atoms with Crippen LogP contribution < -0.4 is 9.91 Å². The van der Waals surface area contributed by atoms with Crippen LogP contribution in [0.15, 0.2) is 96.2 Å². The molecule has 3 aromatic carbocycles. The van der Waals surface area contributed by atoms with Gasteiger partial charge in [-0.05, 0) is 47.9 Å². The van der Waals surface area contributed by atoms with Gasteiger partial charge in [0.2, 0.25) is 5.91 Å². The number of aryl methyl sites for hydroxylation is 1. The Morgan fingerprint density at radius 1 is 1.04 bits per heavy atom. The number of nitrogens with zero attached hydrogens (tertiary/aromatic N) is 6. The number of allylic oxidation sites excluding steroid dienone is 1. The predicted octanol–water partition coefficient (Wildman–Crippen LogP) is 5.01. The van der Waals surface area contributed by atoms with E-state index in [9.17, 15) is 14.7 Å². The smallest absolute Gasteiger partial charge is 0.264 e. The fourth-order valence-electron chi connectivity index (χ4n) is 5.96. The van der Waals surface area contributed by atoms with Gasteiger partial charge >= 0.3 is 0 Å². The van der Waals surface area contributed by atoms with E-state index >= 15 is 0 Å². The molecular weight excluding hydrogens is 604 g/mol. The summed E-state index contributed by atoms with van der Waals surface area (Å²) in [6.07, 6.45) is 7.52. The number of amides is 2. The zero-order chi connectivity index (χ0) is 32.3. The first kappa shape index (κ1) is 31.3. The van der Waals surface area contributed by atoms with Crippen molar-refractivity contribution in [1.82, 2.24) is 15.0 Å². The first-order valence-corrected chi connectivity index (χ1v) is 15.7. The lowest BCUT2D eigenvalue weighted by Gasteiger charge is -2.28. The molecule has 10 nitrogen and oxygen atoms in total. The fourth-order valence-corrected chi connectivity index (χ4v) is 6.13. The molecule has 1 aromatic heterocycles. The van der Waals surface area contributed by atoms with Crippen LogP contribution in [-0.4, -0.2) is 49.3 Å². The van der Waals surface area contributed by atoms with Gasteiger partial charge in [-0.15, -0.1) is 5.10 Å². The van der Waals surface area contributed by atoms with Gasteiger partial charge in [0.25, 0.3) is 5.91 Å². The lowest BCUT2D eigenvalue weighted by atomic mass is 9.83. The van der Waals surface area contributed by atoms with E-state index in [1.54, 1.807) is 34.0 Å². The highest BCUT2D eigenvalue weighted by Crippen LogP contribution is 2.47. The van der Waals surface area contributed by atoms with Crippen molar-refractivity contribution in [2.24, 2.45) is 11.0 Å². The minimum Gasteiger partial charge on any atom is -0.396 e. The van der Waals surface area contributed by atoms with Gasteiger partial charge in [0, 0.05) is 55.1 Å². The molecule has 11 heteroatoms. The fraction of sp³-hybridized carbons (Fsp3) is 0.286. The molecule has 0 saturated carbocycles. The van der Waals surface area contributed by atoms with Gasteiger partial charge in [-0.3, -0.25) is 14.3 Å². The van der Waals surface area contributed by atoms with E-state index in [4.69, 9.17) is 16.7 Å². The number of benzene rings is 3. The Balaban J connectivity index is 1.22. The number of hydrogen-bond acceptors (Lipinski definition) is 7. The number of hydrazone groups is 1. The summed E-state index contributed by atoms with van der Waals surface area (Å²) in [7, 11) is 0. The molecule has 0 spiro atoms. The summed E-state index contributed by atoms with van der Waals surface area (Å²) in [5.41, 5.74) is 3.13. The second-order valence-electron chi connectivity index (χ2n) is 11.6. The van der Waals surface area contributed by atoms with Crippen molar-refractivity contribution in [1.29, 1.82) is 0 Å². The van der Waals surface area contributed by atoms with Gasteiger partial charge in [-0.25, -0.2) is 5.01 Å². The van der Waals surface area contributed by atoms with Crippen LogP contribution in [-0.2, 0) is 34.7 Å². The maximum Gasteiger partial charge on any atom is 0.264 e. The lowest BCUT2D eigenvalue weighted by Crippen LogP contribution is -2.44. The molecule has 2 aliphatic rings. The first-order valence-electron chi connectivity index (χ1n) is 15.3. The third-order valence-electron chi connectivity index (χ3n) is 8.43. The number of carbonyl (C=O) groups excluding carboxylic acids is 2. The van der Waals surface area contributed by atoms with Crippen LogP contribution in [0.4, 0.5) is 11.4 Å². The van der Waals surface area contributed by atoms with Crippen LogP contribution in [0.3, 0.4) is 0 Å². The van der Waals surface area contributed by atoms with E-state index in [1.807, 2.05) is 73.7 Å². The Hall–Kier alpha value is -4.64. The van der Waals surface area contributed by atoms with Gasteiger partial charge in [0.1, 0.15) is 0 Å². The maximum absolute atomic E-state index is 14.1. The predicted molar refractivity (Wildman–Crippen MR) is 176 cm³/mol. The SMILES string of the molecule is C[C@@H](/C=C/CCn1cc(CCO)nn1)[C@]1(O)C(=O)N(Cc2cccc(N3N=C(c4ccccc4)CCC3=O)c2)c2ccc(Cl)cc21. The molecule has 0 bridgehead atoms. The maximum atomic E-state index is 14.1. The van der Waals surface area contributed by atoms with Gasteiger partial charge in [0.15, 0.2) is 5.60 Å². The van der Waals surface area contributed by atoms with E-state index < -0.39 is 17.4 Å². The molecule has 0 unspecified atom stereocenters. The second kappa shape index (κ2) is 13.4. The van der Waals surface area contributed by atoms with E-state index in [1.165, 1.54) is 5.01 Å². The molecule has 0 saturated heterocycles. The molecular formula is C35H35ClN6O4. The summed E-state index contributed by atoms with van der Waals surface area (Å²) in [4.78, 5) is 28.6. The molecule has 236 valence electrons. The highest BCUT2D eigenvalue weighted by molar-refractivity contribution is 6.31. The second-order valence-corrected chi connectivity index (χ2v) is 12.0. The molecule has 3 heterocycles. The van der Waals surface area contributed by atoms with Crippen molar-refractivity contribution in [2.45, 2.75) is 51.3 Å². The molecule has 46 heavy (non-hydrogen) atoms. The van der Waals surface area contributed by atoms with Crippen molar-refractivity contribution < 1.29 is 19.8 Å². The van der Waals surface area contributed by atoms with E-state index in [0.717, 1.165) is 22.5 Å². The zero-order valence-corrected chi connectivity index (χ0v) is 26.2. The normalized spacial score (nSPS) is 18.7. The number of fused-ring (bicyclic) bond motifs is 1. The van der Waals surface area contributed by atoms with Gasteiger partial charge < -0.3 is 15.1 Å². The van der Waals surface area contributed by atoms with Crippen molar-refractivity contribution in [3.05, 3.63) is 119 Å². The molecule has 2 aliphatic heterocycles. The Bertz CT molecular complexity index is 1810. The first-order chi connectivity index (χ1) is 22.3. The van der Waals surface area contributed by atoms with Crippen LogP contribution >= 0.6 is 11.6 Å². The van der Waals surface area contributed by atoms with Crippen LogP contribution in [0.25, 0.3) is 0 Å². The van der Waals surface area contributed by atoms with E-state index in [-0.39, 0.29) is 19.1 Å². The number of aromatic nitrogens is 3. The monoisotopic (exact) mass is 638 g/mol. The quantitative estimate of drug-likeness (QED) is 0.223. The molecule has 0 radical (unpaired) electrons. The number of aliphatic hydroxyl groups excluding tert-OH is 1. The Labute approximate surface area is 272 Å². The largest absolute Gasteiger partial charge is 0.396 e. The van der Waals surface area contributed by atoms with Gasteiger partial charge in [0.05, 0.1) is 29.3 Å². The summed E-state index contributed by atoms with van der Waals surface area (Å²) in [5.74, 6) is -1.11. The van der Waals surface area contributed by atoms with Crippen LogP contribution in [0.5, 0.6) is 0 Å². The van der Waals surface area contributed by atoms with Crippen molar-refractivity contribution in [3.63, 3.8) is 0 Å². The topological polar surface area (TPSA) is 124 Å². The summed E-state index contributed by atoms with van der Waals surface area (Å²) in [5, 5.41) is 35.8. The summed E-state index contributed by atoms with van der Waals surface area (Å²) in [6, 6.07) is 22.3. The van der Waals surface area contributed by atoms with Crippen molar-refractivity contribution >= 4 is 40.5 Å². The molecule has 2 atom stereocenters. The highest BCUT2D eigenvalue weighted by Gasteiger charge is 2.52. The Kier molecular flexibility index (Phi) is 9.12. The molecule has 4 aromatic rings. The highest BCUT2D eigenvalue weighted by atomic mass is 35.5. The Morgan fingerprint density at radius 2 is 1.87 bits per heavy atom. The summed E-state index contributed by atoms with van der Waals surface area (Å²) >= 11 is 6.37. The lowest BCUT2D eigenvalue weighted by molar-refractivity contribution is -0.139. The minimum absolute atomic E-state index is 0.0128. The number of aliphatic hydroxyl groups is 2. The van der Waals surface area contributed by atoms with Crippen molar-refractivity contribution in [2.75, 3.05) is 16.5 Å². The summed E-state index contributed by atoms with van der Waals surface area (Å²) in [6.45, 7) is 2.57. The number of carbonyl (C=O) groups is 2. The zero-order valence-electron chi connectivity index (χ0n) is 25.5. The number of rotatable bonds is 11. The average Bonchev–Trinajstić information content (AvgIpc) is 3.60. The molecule has 2 N–H and O–H groups in total. The van der Waals surface area contributed by atoms with E-state index in [2.05, 4.69) is 15.4 Å². The molecule has 0 aliphatic carbocycles. The third kappa shape index (κ3) is 6.24. The molecule has 0 fully saturated rings.